The third kappa shape index (κ3) is 4.33. The van der Waals surface area contributed by atoms with Gasteiger partial charge in [-0.2, -0.15) is 0 Å². The zero-order chi connectivity index (χ0) is 17.8. The standard InChI is InChI=1S/C17H16ClN3O4/c18-14-7-11(5-6-19-14)17(24)20-12-3-1-10(2-4-12)16(23)13-8-25-9-15(22)21-13/h1-7,13,16,23H,8-9H2,(H,20,24)(H,21,22)/t13-,16-/m1/s1. The fourth-order valence-electron chi connectivity index (χ4n) is 2.48. The van der Waals surface area contributed by atoms with E-state index in [2.05, 4.69) is 15.6 Å². The summed E-state index contributed by atoms with van der Waals surface area (Å²) in [6, 6.07) is 9.24. The van der Waals surface area contributed by atoms with Gasteiger partial charge in [-0.15, -0.1) is 0 Å². The molecule has 0 aliphatic carbocycles. The predicted octanol–water partition coefficient (Wildman–Crippen LogP) is 1.54. The second-order valence-corrected chi connectivity index (χ2v) is 5.96. The quantitative estimate of drug-likeness (QED) is 0.717. The van der Waals surface area contributed by atoms with Crippen LogP contribution in [-0.4, -0.2) is 41.2 Å². The molecule has 0 saturated carbocycles. The summed E-state index contributed by atoms with van der Waals surface area (Å²) in [7, 11) is 0. The van der Waals surface area contributed by atoms with Gasteiger partial charge in [-0.1, -0.05) is 23.7 Å². The number of halogens is 1. The average molecular weight is 362 g/mol. The SMILES string of the molecule is O=C1COC[C@H]([C@H](O)c2ccc(NC(=O)c3ccnc(Cl)c3)cc2)N1. The van der Waals surface area contributed by atoms with E-state index >= 15 is 0 Å². The number of carbonyl (C=O) groups excluding carboxylic acids is 2. The van der Waals surface area contributed by atoms with Gasteiger partial charge in [0.2, 0.25) is 5.91 Å². The van der Waals surface area contributed by atoms with Gasteiger partial charge in [-0.3, -0.25) is 9.59 Å². The second kappa shape index (κ2) is 7.60. The molecule has 0 unspecified atom stereocenters. The lowest BCUT2D eigenvalue weighted by molar-refractivity contribution is -0.133. The zero-order valence-electron chi connectivity index (χ0n) is 13.1. The van der Waals surface area contributed by atoms with Crippen LogP contribution in [0, 0.1) is 0 Å². The van der Waals surface area contributed by atoms with E-state index in [4.69, 9.17) is 16.3 Å². The number of amides is 2. The van der Waals surface area contributed by atoms with Crippen LogP contribution in [0.5, 0.6) is 0 Å². The number of carbonyl (C=O) groups is 2. The van der Waals surface area contributed by atoms with Gasteiger partial charge < -0.3 is 20.5 Å². The van der Waals surface area contributed by atoms with Crippen molar-refractivity contribution in [2.45, 2.75) is 12.1 Å². The molecule has 7 nitrogen and oxygen atoms in total. The zero-order valence-corrected chi connectivity index (χ0v) is 13.9. The van der Waals surface area contributed by atoms with Crippen LogP contribution >= 0.6 is 11.6 Å². The summed E-state index contributed by atoms with van der Waals surface area (Å²) in [6.45, 7) is 0.251. The number of rotatable bonds is 4. The second-order valence-electron chi connectivity index (χ2n) is 5.58. The highest BCUT2D eigenvalue weighted by Gasteiger charge is 2.26. The van der Waals surface area contributed by atoms with Gasteiger partial charge in [0.25, 0.3) is 5.91 Å². The monoisotopic (exact) mass is 361 g/mol. The number of hydrogen-bond acceptors (Lipinski definition) is 5. The molecule has 3 rings (SSSR count). The molecule has 0 radical (unpaired) electrons. The summed E-state index contributed by atoms with van der Waals surface area (Å²) in [4.78, 5) is 27.3. The molecule has 1 saturated heterocycles. The maximum atomic E-state index is 12.2. The number of hydrogen-bond donors (Lipinski definition) is 3. The number of nitrogens with zero attached hydrogens (tertiary/aromatic N) is 1. The first kappa shape index (κ1) is 17.3. The summed E-state index contributed by atoms with van der Waals surface area (Å²) in [6.07, 6.45) is 0.560. The van der Waals surface area contributed by atoms with E-state index in [1.54, 1.807) is 30.3 Å². The maximum absolute atomic E-state index is 12.2. The lowest BCUT2D eigenvalue weighted by Gasteiger charge is -2.28. The molecule has 0 bridgehead atoms. The number of nitrogens with one attached hydrogen (secondary N) is 2. The molecule has 0 spiro atoms. The van der Waals surface area contributed by atoms with Gasteiger partial charge in [0, 0.05) is 17.4 Å². The molecule has 1 aromatic heterocycles. The van der Waals surface area contributed by atoms with Crippen LogP contribution < -0.4 is 10.6 Å². The first-order chi connectivity index (χ1) is 12.0. The smallest absolute Gasteiger partial charge is 0.255 e. The number of morpholine rings is 1. The van der Waals surface area contributed by atoms with Crippen LogP contribution in [0.4, 0.5) is 5.69 Å². The molecule has 8 heteroatoms. The molecule has 1 aromatic carbocycles. The Hall–Kier alpha value is -2.48. The molecular formula is C17H16ClN3O4. The number of ether oxygens (including phenoxy) is 1. The molecule has 1 fully saturated rings. The van der Waals surface area contributed by atoms with Gasteiger partial charge >= 0.3 is 0 Å². The molecule has 2 heterocycles. The van der Waals surface area contributed by atoms with Crippen molar-refractivity contribution in [2.24, 2.45) is 0 Å². The molecule has 2 aromatic rings. The summed E-state index contributed by atoms with van der Waals surface area (Å²) < 4.78 is 5.13. The van der Waals surface area contributed by atoms with Crippen LogP contribution in [0.2, 0.25) is 5.15 Å². The topological polar surface area (TPSA) is 101 Å². The highest BCUT2D eigenvalue weighted by Crippen LogP contribution is 2.21. The number of aliphatic hydroxyl groups excluding tert-OH is 1. The molecule has 2 amide bonds. The molecule has 3 N–H and O–H groups in total. The third-order valence-electron chi connectivity index (χ3n) is 3.76. The number of pyridine rings is 1. The van der Waals surface area contributed by atoms with E-state index in [0.717, 1.165) is 0 Å². The number of benzene rings is 1. The number of aliphatic hydroxyl groups is 1. The number of aromatic nitrogens is 1. The molecular weight excluding hydrogens is 346 g/mol. The predicted molar refractivity (Wildman–Crippen MR) is 91.4 cm³/mol. The van der Waals surface area contributed by atoms with E-state index in [0.29, 0.717) is 16.8 Å². The van der Waals surface area contributed by atoms with E-state index in [9.17, 15) is 14.7 Å². The normalized spacial score (nSPS) is 18.3. The minimum atomic E-state index is -0.895. The van der Waals surface area contributed by atoms with E-state index in [1.807, 2.05) is 0 Å². The van der Waals surface area contributed by atoms with Crippen molar-refractivity contribution in [1.82, 2.24) is 10.3 Å². The summed E-state index contributed by atoms with van der Waals surface area (Å²) >= 11 is 5.77. The van der Waals surface area contributed by atoms with Crippen LogP contribution in [0.15, 0.2) is 42.6 Å². The van der Waals surface area contributed by atoms with Crippen molar-refractivity contribution in [3.05, 3.63) is 58.9 Å². The van der Waals surface area contributed by atoms with Crippen molar-refractivity contribution in [3.8, 4) is 0 Å². The Morgan fingerprint density at radius 1 is 1.36 bits per heavy atom. The minimum absolute atomic E-state index is 0.00715. The van der Waals surface area contributed by atoms with E-state index < -0.39 is 12.1 Å². The fourth-order valence-corrected chi connectivity index (χ4v) is 2.66. The molecule has 25 heavy (non-hydrogen) atoms. The molecule has 1 aliphatic rings. The first-order valence-corrected chi connectivity index (χ1v) is 7.99. The van der Waals surface area contributed by atoms with E-state index in [1.165, 1.54) is 12.3 Å². The number of anilines is 1. The van der Waals surface area contributed by atoms with Crippen LogP contribution in [0.1, 0.15) is 22.0 Å². The van der Waals surface area contributed by atoms with Gasteiger partial charge in [0.1, 0.15) is 17.9 Å². The Labute approximate surface area is 149 Å². The molecule has 130 valence electrons. The lowest BCUT2D eigenvalue weighted by atomic mass is 10.0. The van der Waals surface area contributed by atoms with Gasteiger partial charge in [0.05, 0.1) is 12.6 Å². The van der Waals surface area contributed by atoms with Gasteiger partial charge in [-0.25, -0.2) is 4.98 Å². The third-order valence-corrected chi connectivity index (χ3v) is 3.96. The Morgan fingerprint density at radius 3 is 2.80 bits per heavy atom. The van der Waals surface area contributed by atoms with Crippen LogP contribution in [0.25, 0.3) is 0 Å². The Bertz CT molecular complexity index is 782. The molecule has 2 atom stereocenters. The van der Waals surface area contributed by atoms with Crippen molar-refractivity contribution >= 4 is 29.1 Å². The van der Waals surface area contributed by atoms with Crippen LogP contribution in [-0.2, 0) is 9.53 Å². The average Bonchev–Trinajstić information content (AvgIpc) is 2.62. The Morgan fingerprint density at radius 2 is 2.12 bits per heavy atom. The Kier molecular flexibility index (Phi) is 5.28. The van der Waals surface area contributed by atoms with Gasteiger partial charge in [-0.05, 0) is 29.8 Å². The van der Waals surface area contributed by atoms with Crippen LogP contribution in [0.3, 0.4) is 0 Å². The molecule has 1 aliphatic heterocycles. The largest absolute Gasteiger partial charge is 0.386 e. The summed E-state index contributed by atoms with van der Waals surface area (Å²) in [5, 5.41) is 16.0. The van der Waals surface area contributed by atoms with E-state index in [-0.39, 0.29) is 30.2 Å². The Balaban J connectivity index is 1.65. The fraction of sp³-hybridized carbons (Fsp3) is 0.235. The van der Waals surface area contributed by atoms with Crippen molar-refractivity contribution in [1.29, 1.82) is 0 Å². The summed E-state index contributed by atoms with van der Waals surface area (Å²) in [5.74, 6) is -0.569. The maximum Gasteiger partial charge on any atom is 0.255 e. The minimum Gasteiger partial charge on any atom is -0.386 e. The van der Waals surface area contributed by atoms with Crippen molar-refractivity contribution < 1.29 is 19.4 Å². The first-order valence-electron chi connectivity index (χ1n) is 7.61. The van der Waals surface area contributed by atoms with Gasteiger partial charge in [0.15, 0.2) is 0 Å². The lowest BCUT2D eigenvalue weighted by Crippen LogP contribution is -2.48. The summed E-state index contributed by atoms with van der Waals surface area (Å²) in [5.41, 5.74) is 1.57. The highest BCUT2D eigenvalue weighted by atomic mass is 35.5. The highest BCUT2D eigenvalue weighted by molar-refractivity contribution is 6.29. The van der Waals surface area contributed by atoms with Crippen molar-refractivity contribution in [2.75, 3.05) is 18.5 Å². The van der Waals surface area contributed by atoms with Crippen molar-refractivity contribution in [3.63, 3.8) is 0 Å².